The number of nitrogens with one attached hydrogen (secondary N) is 1. The van der Waals surface area contributed by atoms with Crippen LogP contribution in [-0.2, 0) is 6.54 Å². The Bertz CT molecular complexity index is 907. The fourth-order valence-electron chi connectivity index (χ4n) is 3.74. The quantitative estimate of drug-likeness (QED) is 0.677. The third-order valence-corrected chi connectivity index (χ3v) is 5.24. The van der Waals surface area contributed by atoms with Gasteiger partial charge in [0.05, 0.1) is 12.2 Å². The van der Waals surface area contributed by atoms with Gasteiger partial charge in [-0.05, 0) is 38.9 Å². The van der Waals surface area contributed by atoms with E-state index in [4.69, 9.17) is 4.52 Å². The summed E-state index contributed by atoms with van der Waals surface area (Å²) in [5.41, 5.74) is 2.87. The average molecular weight is 378 g/mol. The van der Waals surface area contributed by atoms with Gasteiger partial charge in [-0.2, -0.15) is 4.98 Å². The number of aryl methyl sites for hydroxylation is 1. The maximum atomic E-state index is 5.41. The fraction of sp³-hybridized carbons (Fsp3) is 0.429. The smallest absolute Gasteiger partial charge is 0.240 e. The molecule has 2 aromatic heterocycles. The molecule has 4 rings (SSSR count). The number of benzene rings is 1. The molecule has 0 amide bonds. The maximum absolute atomic E-state index is 5.41. The second kappa shape index (κ2) is 8.58. The monoisotopic (exact) mass is 378 g/mol. The van der Waals surface area contributed by atoms with Gasteiger partial charge in [-0.15, -0.1) is 0 Å². The van der Waals surface area contributed by atoms with Gasteiger partial charge in [0.15, 0.2) is 0 Å². The minimum absolute atomic E-state index is 0.597. The molecule has 3 heterocycles. The summed E-state index contributed by atoms with van der Waals surface area (Å²) in [5.74, 6) is 1.99. The van der Waals surface area contributed by atoms with Crippen molar-refractivity contribution in [2.45, 2.75) is 39.3 Å². The Morgan fingerprint density at radius 2 is 1.96 bits per heavy atom. The highest BCUT2D eigenvalue weighted by Crippen LogP contribution is 2.22. The van der Waals surface area contributed by atoms with Crippen LogP contribution >= 0.6 is 0 Å². The summed E-state index contributed by atoms with van der Waals surface area (Å²) in [6, 6.07) is 10.5. The van der Waals surface area contributed by atoms with Crippen LogP contribution in [0.25, 0.3) is 22.6 Å². The van der Waals surface area contributed by atoms with Crippen LogP contribution < -0.4 is 5.32 Å². The van der Waals surface area contributed by atoms with Crippen molar-refractivity contribution in [1.29, 1.82) is 0 Å². The van der Waals surface area contributed by atoms with E-state index in [0.717, 1.165) is 35.7 Å². The van der Waals surface area contributed by atoms with E-state index in [1.807, 2.05) is 37.3 Å². The molecule has 0 aliphatic carbocycles. The molecule has 0 unspecified atom stereocenters. The van der Waals surface area contributed by atoms with Crippen LogP contribution in [-0.4, -0.2) is 50.7 Å². The largest absolute Gasteiger partial charge is 0.338 e. The van der Waals surface area contributed by atoms with Crippen LogP contribution in [0.5, 0.6) is 0 Å². The van der Waals surface area contributed by atoms with Gasteiger partial charge >= 0.3 is 0 Å². The Balaban J connectivity index is 1.36. The van der Waals surface area contributed by atoms with Gasteiger partial charge in [0.2, 0.25) is 11.7 Å². The van der Waals surface area contributed by atoms with Crippen molar-refractivity contribution >= 4 is 0 Å². The van der Waals surface area contributed by atoms with E-state index in [1.165, 1.54) is 19.4 Å². The molecule has 1 atom stereocenters. The van der Waals surface area contributed by atoms with Crippen molar-refractivity contribution in [3.8, 4) is 22.6 Å². The van der Waals surface area contributed by atoms with E-state index in [0.29, 0.717) is 24.3 Å². The predicted octanol–water partition coefficient (Wildman–Crippen LogP) is 3.08. The second-order valence-corrected chi connectivity index (χ2v) is 7.13. The Morgan fingerprint density at radius 1 is 1.14 bits per heavy atom. The molecule has 7 heteroatoms. The van der Waals surface area contributed by atoms with Crippen LogP contribution in [0, 0.1) is 6.92 Å². The standard InChI is InChI=1S/C21H26N6O/c1-3-27-12-4-5-18(27)13-22-14-20-25-21(26-28-20)17-8-6-16(7-9-17)19-10-11-23-15(2)24-19/h6-11,18,22H,3-5,12-14H2,1-2H3/t18-/m1/s1. The number of rotatable bonds is 7. The first-order chi connectivity index (χ1) is 13.7. The molecule has 0 bridgehead atoms. The molecule has 1 saturated heterocycles. The number of aromatic nitrogens is 4. The molecule has 0 spiro atoms. The van der Waals surface area contributed by atoms with Crippen molar-refractivity contribution in [2.75, 3.05) is 19.6 Å². The molecule has 146 valence electrons. The first kappa shape index (κ1) is 18.7. The van der Waals surface area contributed by atoms with Crippen LogP contribution in [0.3, 0.4) is 0 Å². The summed E-state index contributed by atoms with van der Waals surface area (Å²) in [7, 11) is 0. The van der Waals surface area contributed by atoms with Crippen LogP contribution in [0.4, 0.5) is 0 Å². The summed E-state index contributed by atoms with van der Waals surface area (Å²) in [5, 5.41) is 7.58. The average Bonchev–Trinajstić information content (AvgIpc) is 3.37. The molecule has 1 N–H and O–H groups in total. The topological polar surface area (TPSA) is 80.0 Å². The Labute approximate surface area is 165 Å². The fourth-order valence-corrected chi connectivity index (χ4v) is 3.74. The SMILES string of the molecule is CCN1CCC[C@@H]1CNCc1nc(-c2ccc(-c3ccnc(C)n3)cc2)no1. The number of hydrogen-bond donors (Lipinski definition) is 1. The zero-order chi connectivity index (χ0) is 19.3. The van der Waals surface area contributed by atoms with Crippen LogP contribution in [0.2, 0.25) is 0 Å². The van der Waals surface area contributed by atoms with Crippen molar-refractivity contribution in [1.82, 2.24) is 30.3 Å². The minimum atomic E-state index is 0.597. The lowest BCUT2D eigenvalue weighted by Crippen LogP contribution is -2.37. The van der Waals surface area contributed by atoms with Crippen molar-refractivity contribution in [3.63, 3.8) is 0 Å². The van der Waals surface area contributed by atoms with Gasteiger partial charge in [-0.1, -0.05) is 36.3 Å². The molecule has 1 aliphatic heterocycles. The van der Waals surface area contributed by atoms with Crippen molar-refractivity contribution < 1.29 is 4.52 Å². The van der Waals surface area contributed by atoms with Crippen molar-refractivity contribution in [2.24, 2.45) is 0 Å². The van der Waals surface area contributed by atoms with Crippen molar-refractivity contribution in [3.05, 3.63) is 48.2 Å². The Kier molecular flexibility index (Phi) is 5.73. The lowest BCUT2D eigenvalue weighted by atomic mass is 10.1. The molecule has 1 aromatic carbocycles. The third kappa shape index (κ3) is 4.26. The van der Waals surface area contributed by atoms with E-state index in [9.17, 15) is 0 Å². The zero-order valence-corrected chi connectivity index (χ0v) is 16.4. The lowest BCUT2D eigenvalue weighted by Gasteiger charge is -2.22. The number of likely N-dealkylation sites (tertiary alicyclic amines) is 1. The van der Waals surface area contributed by atoms with E-state index >= 15 is 0 Å². The summed E-state index contributed by atoms with van der Waals surface area (Å²) in [4.78, 5) is 15.6. The normalized spacial score (nSPS) is 17.3. The van der Waals surface area contributed by atoms with E-state index < -0.39 is 0 Å². The highest BCUT2D eigenvalue weighted by atomic mass is 16.5. The van der Waals surface area contributed by atoms with E-state index in [1.54, 1.807) is 6.20 Å². The first-order valence-electron chi connectivity index (χ1n) is 9.90. The lowest BCUT2D eigenvalue weighted by molar-refractivity contribution is 0.256. The molecule has 0 radical (unpaired) electrons. The first-order valence-corrected chi connectivity index (χ1v) is 9.90. The maximum Gasteiger partial charge on any atom is 0.240 e. The minimum Gasteiger partial charge on any atom is -0.338 e. The van der Waals surface area contributed by atoms with Gasteiger partial charge in [-0.3, -0.25) is 4.90 Å². The van der Waals surface area contributed by atoms with Gasteiger partial charge in [-0.25, -0.2) is 9.97 Å². The van der Waals surface area contributed by atoms with Gasteiger partial charge in [0.1, 0.15) is 5.82 Å². The molecule has 1 fully saturated rings. The molecular weight excluding hydrogens is 352 g/mol. The van der Waals surface area contributed by atoms with Gasteiger partial charge in [0.25, 0.3) is 0 Å². The number of nitrogens with zero attached hydrogens (tertiary/aromatic N) is 5. The molecule has 28 heavy (non-hydrogen) atoms. The zero-order valence-electron chi connectivity index (χ0n) is 16.4. The highest BCUT2D eigenvalue weighted by Gasteiger charge is 2.22. The summed E-state index contributed by atoms with van der Waals surface area (Å²) < 4.78 is 5.41. The Morgan fingerprint density at radius 3 is 2.75 bits per heavy atom. The highest BCUT2D eigenvalue weighted by molar-refractivity contribution is 5.64. The van der Waals surface area contributed by atoms with Crippen LogP contribution in [0.15, 0.2) is 41.1 Å². The molecule has 0 saturated carbocycles. The van der Waals surface area contributed by atoms with Crippen LogP contribution in [0.1, 0.15) is 31.5 Å². The third-order valence-electron chi connectivity index (χ3n) is 5.24. The molecular formula is C21H26N6O. The van der Waals surface area contributed by atoms with E-state index in [2.05, 4.69) is 37.2 Å². The summed E-state index contributed by atoms with van der Waals surface area (Å²) in [6.45, 7) is 7.98. The van der Waals surface area contributed by atoms with E-state index in [-0.39, 0.29) is 0 Å². The second-order valence-electron chi connectivity index (χ2n) is 7.13. The predicted molar refractivity (Wildman–Crippen MR) is 107 cm³/mol. The number of hydrogen-bond acceptors (Lipinski definition) is 7. The molecule has 3 aromatic rings. The summed E-state index contributed by atoms with van der Waals surface area (Å²) in [6.07, 6.45) is 4.32. The van der Waals surface area contributed by atoms with Gasteiger partial charge in [0, 0.05) is 29.9 Å². The van der Waals surface area contributed by atoms with Gasteiger partial charge < -0.3 is 9.84 Å². The molecule has 1 aliphatic rings. The number of likely N-dealkylation sites (N-methyl/N-ethyl adjacent to an activating group) is 1. The molecule has 7 nitrogen and oxygen atoms in total. The summed E-state index contributed by atoms with van der Waals surface area (Å²) >= 11 is 0. The Hall–Kier alpha value is -2.64.